The van der Waals surface area contributed by atoms with E-state index < -0.39 is 12.0 Å². The molecule has 1 aromatic heterocycles. The third-order valence-electron chi connectivity index (χ3n) is 3.63. The van der Waals surface area contributed by atoms with E-state index in [1.165, 1.54) is 6.20 Å². The second-order valence-electron chi connectivity index (χ2n) is 5.21. The molecule has 0 spiro atoms. The Bertz CT molecular complexity index is 683. The molecule has 2 atom stereocenters. The summed E-state index contributed by atoms with van der Waals surface area (Å²) < 4.78 is 1.63. The van der Waals surface area contributed by atoms with Crippen LogP contribution < -0.4 is 10.6 Å². The molecule has 3 rings (SSSR count). The number of carboxylic acid groups (broad SMARTS) is 1. The van der Waals surface area contributed by atoms with Crippen molar-refractivity contribution in [1.82, 2.24) is 20.4 Å². The highest BCUT2D eigenvalue weighted by molar-refractivity contribution is 5.94. The van der Waals surface area contributed by atoms with Crippen molar-refractivity contribution in [2.45, 2.75) is 18.5 Å². The van der Waals surface area contributed by atoms with E-state index >= 15 is 0 Å². The zero-order valence-electron chi connectivity index (χ0n) is 11.8. The molecule has 2 heterocycles. The molecule has 1 fully saturated rings. The molecule has 114 valence electrons. The maximum atomic E-state index is 12.2. The van der Waals surface area contributed by atoms with Crippen molar-refractivity contribution in [1.29, 1.82) is 0 Å². The van der Waals surface area contributed by atoms with Crippen LogP contribution in [0.1, 0.15) is 16.8 Å². The number of nitrogens with one attached hydrogen (secondary N) is 2. The summed E-state index contributed by atoms with van der Waals surface area (Å²) in [6, 6.07) is 8.71. The number of hydrogen-bond donors (Lipinski definition) is 3. The zero-order chi connectivity index (χ0) is 15.5. The second kappa shape index (κ2) is 5.98. The third-order valence-corrected chi connectivity index (χ3v) is 3.63. The number of carbonyl (C=O) groups is 2. The molecule has 1 amide bonds. The predicted octanol–water partition coefficient (Wildman–Crippen LogP) is 0.417. The molecule has 1 aromatic carbocycles. The summed E-state index contributed by atoms with van der Waals surface area (Å²) in [4.78, 5) is 23.1. The van der Waals surface area contributed by atoms with E-state index in [1.54, 1.807) is 10.9 Å². The number of rotatable bonds is 4. The van der Waals surface area contributed by atoms with Crippen molar-refractivity contribution in [3.05, 3.63) is 48.3 Å². The quantitative estimate of drug-likeness (QED) is 0.760. The first-order valence-corrected chi connectivity index (χ1v) is 7.00. The lowest BCUT2D eigenvalue weighted by molar-refractivity contribution is -0.139. The molecule has 7 heteroatoms. The van der Waals surface area contributed by atoms with Gasteiger partial charge in [0.1, 0.15) is 6.04 Å². The maximum absolute atomic E-state index is 12.2. The van der Waals surface area contributed by atoms with E-state index in [-0.39, 0.29) is 11.9 Å². The van der Waals surface area contributed by atoms with Crippen LogP contribution in [0.3, 0.4) is 0 Å². The molecule has 0 radical (unpaired) electrons. The average Bonchev–Trinajstić information content (AvgIpc) is 3.17. The minimum Gasteiger partial charge on any atom is -0.480 e. The summed E-state index contributed by atoms with van der Waals surface area (Å²) in [5.74, 6) is -1.14. The first-order chi connectivity index (χ1) is 10.6. The summed E-state index contributed by atoms with van der Waals surface area (Å²) >= 11 is 0. The zero-order valence-corrected chi connectivity index (χ0v) is 11.8. The van der Waals surface area contributed by atoms with Gasteiger partial charge in [-0.15, -0.1) is 0 Å². The average molecular weight is 300 g/mol. The highest BCUT2D eigenvalue weighted by atomic mass is 16.4. The Labute approximate surface area is 126 Å². The fourth-order valence-electron chi connectivity index (χ4n) is 2.46. The number of aromatic nitrogens is 2. The van der Waals surface area contributed by atoms with Gasteiger partial charge in [0.15, 0.2) is 0 Å². The van der Waals surface area contributed by atoms with Gasteiger partial charge in [-0.3, -0.25) is 9.59 Å². The van der Waals surface area contributed by atoms with Crippen molar-refractivity contribution in [3.8, 4) is 5.69 Å². The Hall–Kier alpha value is -2.67. The van der Waals surface area contributed by atoms with E-state index in [0.29, 0.717) is 18.5 Å². The topological polar surface area (TPSA) is 96.2 Å². The van der Waals surface area contributed by atoms with E-state index in [2.05, 4.69) is 15.7 Å². The van der Waals surface area contributed by atoms with Crippen LogP contribution in [-0.2, 0) is 4.79 Å². The SMILES string of the molecule is O=C(N[C@@H]1CN[C@H](C(=O)O)C1)c1cnn(-c2ccccc2)c1. The number of benzene rings is 1. The Kier molecular flexibility index (Phi) is 3.88. The number of hydrogen-bond acceptors (Lipinski definition) is 4. The molecule has 22 heavy (non-hydrogen) atoms. The van der Waals surface area contributed by atoms with E-state index in [9.17, 15) is 9.59 Å². The van der Waals surface area contributed by atoms with Crippen molar-refractivity contribution in [3.63, 3.8) is 0 Å². The summed E-state index contributed by atoms with van der Waals surface area (Å²) in [7, 11) is 0. The van der Waals surface area contributed by atoms with Crippen LogP contribution in [0, 0.1) is 0 Å². The Morgan fingerprint density at radius 1 is 1.32 bits per heavy atom. The molecule has 0 aliphatic carbocycles. The first kappa shape index (κ1) is 14.3. The van der Waals surface area contributed by atoms with Gasteiger partial charge in [0.05, 0.1) is 17.4 Å². The van der Waals surface area contributed by atoms with Gasteiger partial charge in [-0.2, -0.15) is 5.10 Å². The van der Waals surface area contributed by atoms with Gasteiger partial charge in [0.2, 0.25) is 0 Å². The monoisotopic (exact) mass is 300 g/mol. The maximum Gasteiger partial charge on any atom is 0.320 e. The lowest BCUT2D eigenvalue weighted by Crippen LogP contribution is -2.36. The molecular formula is C15H16N4O3. The van der Waals surface area contributed by atoms with Crippen molar-refractivity contribution in [2.24, 2.45) is 0 Å². The Morgan fingerprint density at radius 2 is 2.09 bits per heavy atom. The Morgan fingerprint density at radius 3 is 2.77 bits per heavy atom. The highest BCUT2D eigenvalue weighted by Gasteiger charge is 2.30. The largest absolute Gasteiger partial charge is 0.480 e. The fourth-order valence-corrected chi connectivity index (χ4v) is 2.46. The molecule has 7 nitrogen and oxygen atoms in total. The van der Waals surface area contributed by atoms with Gasteiger partial charge in [0.25, 0.3) is 5.91 Å². The number of carboxylic acids is 1. The van der Waals surface area contributed by atoms with Gasteiger partial charge in [0, 0.05) is 18.8 Å². The van der Waals surface area contributed by atoms with Crippen molar-refractivity contribution < 1.29 is 14.7 Å². The number of carbonyl (C=O) groups excluding carboxylic acids is 1. The normalized spacial score (nSPS) is 20.7. The van der Waals surface area contributed by atoms with Crippen LogP contribution in [-0.4, -0.2) is 45.4 Å². The summed E-state index contributed by atoms with van der Waals surface area (Å²) in [6.07, 6.45) is 3.54. The standard InChI is InChI=1S/C15H16N4O3/c20-14(18-11-6-13(15(21)22)16-8-11)10-7-17-19(9-10)12-4-2-1-3-5-12/h1-5,7,9,11,13,16H,6,8H2,(H,18,20)(H,21,22)/t11-,13-/m0/s1. The molecule has 2 aromatic rings. The van der Waals surface area contributed by atoms with Crippen molar-refractivity contribution in [2.75, 3.05) is 6.54 Å². The highest BCUT2D eigenvalue weighted by Crippen LogP contribution is 2.10. The molecule has 1 aliphatic rings. The van der Waals surface area contributed by atoms with Gasteiger partial charge >= 0.3 is 5.97 Å². The van der Waals surface area contributed by atoms with Crippen LogP contribution in [0.25, 0.3) is 5.69 Å². The van der Waals surface area contributed by atoms with Crippen LogP contribution in [0.15, 0.2) is 42.7 Å². The number of amides is 1. The summed E-state index contributed by atoms with van der Waals surface area (Å²) in [6.45, 7) is 0.454. The first-order valence-electron chi connectivity index (χ1n) is 7.00. The molecule has 0 saturated carbocycles. The fraction of sp³-hybridized carbons (Fsp3) is 0.267. The third kappa shape index (κ3) is 2.99. The van der Waals surface area contributed by atoms with Gasteiger partial charge in [-0.05, 0) is 18.6 Å². The Balaban J connectivity index is 1.64. The number of aliphatic carboxylic acids is 1. The van der Waals surface area contributed by atoms with Crippen LogP contribution in [0.2, 0.25) is 0 Å². The minimum atomic E-state index is -0.895. The minimum absolute atomic E-state index is 0.186. The van der Waals surface area contributed by atoms with Crippen LogP contribution in [0.4, 0.5) is 0 Å². The molecule has 1 aliphatic heterocycles. The van der Waals surface area contributed by atoms with Gasteiger partial charge in [-0.25, -0.2) is 4.68 Å². The predicted molar refractivity (Wildman–Crippen MR) is 78.9 cm³/mol. The molecule has 0 unspecified atom stereocenters. The molecule has 1 saturated heterocycles. The number of nitrogens with zero attached hydrogens (tertiary/aromatic N) is 2. The lowest BCUT2D eigenvalue weighted by atomic mass is 10.1. The van der Waals surface area contributed by atoms with Crippen molar-refractivity contribution >= 4 is 11.9 Å². The van der Waals surface area contributed by atoms with Crippen LogP contribution >= 0.6 is 0 Å². The smallest absolute Gasteiger partial charge is 0.320 e. The molecular weight excluding hydrogens is 284 g/mol. The van der Waals surface area contributed by atoms with E-state index in [4.69, 9.17) is 5.11 Å². The lowest BCUT2D eigenvalue weighted by Gasteiger charge is -2.10. The summed E-state index contributed by atoms with van der Waals surface area (Å²) in [5, 5.41) is 18.8. The van der Waals surface area contributed by atoms with E-state index in [0.717, 1.165) is 5.69 Å². The molecule has 0 bridgehead atoms. The number of para-hydroxylation sites is 1. The summed E-state index contributed by atoms with van der Waals surface area (Å²) in [5.41, 5.74) is 1.32. The second-order valence-corrected chi connectivity index (χ2v) is 5.21. The van der Waals surface area contributed by atoms with Crippen LogP contribution in [0.5, 0.6) is 0 Å². The van der Waals surface area contributed by atoms with Gasteiger partial charge in [-0.1, -0.05) is 18.2 Å². The van der Waals surface area contributed by atoms with E-state index in [1.807, 2.05) is 30.3 Å². The molecule has 3 N–H and O–H groups in total. The van der Waals surface area contributed by atoms with Gasteiger partial charge < -0.3 is 15.7 Å².